The van der Waals surface area contributed by atoms with E-state index < -0.39 is 12.1 Å². The van der Waals surface area contributed by atoms with Crippen LogP contribution in [0.2, 0.25) is 0 Å². The van der Waals surface area contributed by atoms with Gasteiger partial charge in [0, 0.05) is 6.42 Å². The third-order valence-electron chi connectivity index (χ3n) is 9.44. The lowest BCUT2D eigenvalue weighted by molar-refractivity contribution is -0.123. The first-order chi connectivity index (χ1) is 22.7. The van der Waals surface area contributed by atoms with Crippen LogP contribution in [0.3, 0.4) is 0 Å². The molecule has 0 radical (unpaired) electrons. The van der Waals surface area contributed by atoms with Crippen LogP contribution in [-0.2, 0) is 4.79 Å². The van der Waals surface area contributed by atoms with E-state index in [1.54, 1.807) is 6.08 Å². The largest absolute Gasteiger partial charge is 0.394 e. The number of amides is 1. The summed E-state index contributed by atoms with van der Waals surface area (Å²) in [6.07, 6.45) is 48.5. The van der Waals surface area contributed by atoms with E-state index in [1.165, 1.54) is 167 Å². The first-order valence-corrected chi connectivity index (χ1v) is 20.6. The van der Waals surface area contributed by atoms with Crippen molar-refractivity contribution < 1.29 is 15.0 Å². The van der Waals surface area contributed by atoms with Gasteiger partial charge in [0.2, 0.25) is 5.91 Å². The molecule has 272 valence electrons. The maximum Gasteiger partial charge on any atom is 0.220 e. The summed E-state index contributed by atoms with van der Waals surface area (Å²) < 4.78 is 0. The molecule has 0 aliphatic rings. The minimum absolute atomic E-state index is 0.0714. The van der Waals surface area contributed by atoms with Gasteiger partial charge in [0.15, 0.2) is 0 Å². The summed E-state index contributed by atoms with van der Waals surface area (Å²) in [6, 6.07) is -0.633. The molecule has 0 aliphatic carbocycles. The van der Waals surface area contributed by atoms with Crippen LogP contribution < -0.4 is 5.32 Å². The molecule has 0 aliphatic heterocycles. The number of carbonyl (C=O) groups is 1. The number of aliphatic hydroxyl groups is 2. The van der Waals surface area contributed by atoms with Crippen molar-refractivity contribution in [2.24, 2.45) is 0 Å². The quantitative estimate of drug-likeness (QED) is 0.0464. The lowest BCUT2D eigenvalue weighted by atomic mass is 10.0. The topological polar surface area (TPSA) is 69.6 Å². The lowest BCUT2D eigenvalue weighted by Gasteiger charge is -2.19. The molecule has 0 aromatic carbocycles. The fourth-order valence-corrected chi connectivity index (χ4v) is 6.25. The van der Waals surface area contributed by atoms with Crippen LogP contribution in [0.4, 0.5) is 0 Å². The van der Waals surface area contributed by atoms with Crippen molar-refractivity contribution in [2.45, 2.75) is 231 Å². The van der Waals surface area contributed by atoms with E-state index in [1.807, 2.05) is 6.08 Å². The highest BCUT2D eigenvalue weighted by molar-refractivity contribution is 5.76. The average Bonchev–Trinajstić information content (AvgIpc) is 3.06. The van der Waals surface area contributed by atoms with Gasteiger partial charge < -0.3 is 15.5 Å². The SMILES string of the molecule is CCCCCCCCCCCC/C=C/CC/C=C/[C@@H](O)[C@H](CO)NC(=O)CCCCCCCCCCCCCCCCCCCC. The van der Waals surface area contributed by atoms with Gasteiger partial charge in [0.1, 0.15) is 0 Å². The molecule has 0 saturated heterocycles. The number of hydrogen-bond acceptors (Lipinski definition) is 3. The van der Waals surface area contributed by atoms with E-state index in [4.69, 9.17) is 0 Å². The number of rotatable bonds is 37. The summed E-state index contributed by atoms with van der Waals surface area (Å²) in [6.45, 7) is 4.30. The monoisotopic (exact) mass is 648 g/mol. The van der Waals surface area contributed by atoms with E-state index in [9.17, 15) is 15.0 Å². The standard InChI is InChI=1S/C42H81NO3/c1-3-5-7-9-11-13-15-17-19-21-22-24-26-28-30-32-34-36-38-42(46)43-40(39-44)41(45)37-35-33-31-29-27-25-23-20-18-16-14-12-10-8-6-4-2/h27,29,35,37,40-41,44-45H,3-26,28,30-34,36,38-39H2,1-2H3,(H,43,46)/b29-27+,37-35+/t40-,41+/m0/s1. The van der Waals surface area contributed by atoms with Gasteiger partial charge in [-0.05, 0) is 32.1 Å². The van der Waals surface area contributed by atoms with Crippen LogP contribution in [0.25, 0.3) is 0 Å². The molecule has 0 aromatic heterocycles. The Balaban J connectivity index is 3.60. The molecule has 0 spiro atoms. The molecule has 46 heavy (non-hydrogen) atoms. The van der Waals surface area contributed by atoms with Crippen molar-refractivity contribution in [3.05, 3.63) is 24.3 Å². The molecule has 3 N–H and O–H groups in total. The molecular formula is C42H81NO3. The fraction of sp³-hybridized carbons (Fsp3) is 0.881. The molecule has 0 rings (SSSR count). The molecule has 0 aromatic rings. The van der Waals surface area contributed by atoms with E-state index in [0.717, 1.165) is 32.1 Å². The van der Waals surface area contributed by atoms with Crippen molar-refractivity contribution in [3.8, 4) is 0 Å². The third-order valence-corrected chi connectivity index (χ3v) is 9.44. The van der Waals surface area contributed by atoms with Gasteiger partial charge in [-0.3, -0.25) is 4.79 Å². The molecular weight excluding hydrogens is 566 g/mol. The van der Waals surface area contributed by atoms with Crippen molar-refractivity contribution in [1.29, 1.82) is 0 Å². The highest BCUT2D eigenvalue weighted by Gasteiger charge is 2.17. The van der Waals surface area contributed by atoms with Gasteiger partial charge in [-0.1, -0.05) is 205 Å². The Hall–Kier alpha value is -1.13. The highest BCUT2D eigenvalue weighted by atomic mass is 16.3. The van der Waals surface area contributed by atoms with Crippen LogP contribution in [0.5, 0.6) is 0 Å². The predicted molar refractivity (Wildman–Crippen MR) is 202 cm³/mol. The van der Waals surface area contributed by atoms with Crippen molar-refractivity contribution in [1.82, 2.24) is 5.32 Å². The maximum atomic E-state index is 12.3. The molecule has 0 fully saturated rings. The Morgan fingerprint density at radius 3 is 1.26 bits per heavy atom. The van der Waals surface area contributed by atoms with Gasteiger partial charge in [-0.15, -0.1) is 0 Å². The van der Waals surface area contributed by atoms with Gasteiger partial charge in [0.05, 0.1) is 18.8 Å². The number of carbonyl (C=O) groups excluding carboxylic acids is 1. The van der Waals surface area contributed by atoms with Gasteiger partial charge >= 0.3 is 0 Å². The van der Waals surface area contributed by atoms with E-state index >= 15 is 0 Å². The van der Waals surface area contributed by atoms with E-state index in [0.29, 0.717) is 6.42 Å². The Bertz CT molecular complexity index is 661. The number of aliphatic hydroxyl groups excluding tert-OH is 2. The Morgan fingerprint density at radius 1 is 0.500 bits per heavy atom. The highest BCUT2D eigenvalue weighted by Crippen LogP contribution is 2.15. The van der Waals surface area contributed by atoms with Crippen LogP contribution in [-0.4, -0.2) is 34.9 Å². The first kappa shape index (κ1) is 44.9. The van der Waals surface area contributed by atoms with Gasteiger partial charge in [-0.2, -0.15) is 0 Å². The Labute approximate surface area is 288 Å². The predicted octanol–water partition coefficient (Wildman–Crippen LogP) is 12.5. The zero-order valence-corrected chi connectivity index (χ0v) is 31.1. The zero-order chi connectivity index (χ0) is 33.6. The third kappa shape index (κ3) is 34.2. The lowest BCUT2D eigenvalue weighted by Crippen LogP contribution is -2.45. The van der Waals surface area contributed by atoms with Gasteiger partial charge in [0.25, 0.3) is 0 Å². The molecule has 0 bridgehead atoms. The Morgan fingerprint density at radius 2 is 0.848 bits per heavy atom. The Kier molecular flexibility index (Phi) is 37.4. The van der Waals surface area contributed by atoms with Crippen molar-refractivity contribution >= 4 is 5.91 Å². The summed E-state index contributed by atoms with van der Waals surface area (Å²) in [5, 5.41) is 22.9. The van der Waals surface area contributed by atoms with E-state index in [2.05, 4.69) is 31.3 Å². The second-order valence-electron chi connectivity index (χ2n) is 14.1. The molecule has 1 amide bonds. The summed E-state index contributed by atoms with van der Waals surface area (Å²) in [4.78, 5) is 12.3. The van der Waals surface area contributed by atoms with Crippen LogP contribution in [0.15, 0.2) is 24.3 Å². The average molecular weight is 648 g/mol. The van der Waals surface area contributed by atoms with Crippen LogP contribution in [0.1, 0.15) is 219 Å². The minimum Gasteiger partial charge on any atom is -0.394 e. The first-order valence-electron chi connectivity index (χ1n) is 20.6. The molecule has 2 atom stereocenters. The van der Waals surface area contributed by atoms with Crippen LogP contribution >= 0.6 is 0 Å². The normalized spacial score (nSPS) is 13.2. The summed E-state index contributed by atoms with van der Waals surface area (Å²) in [5.41, 5.74) is 0. The maximum absolute atomic E-state index is 12.3. The van der Waals surface area contributed by atoms with Gasteiger partial charge in [-0.25, -0.2) is 0 Å². The smallest absolute Gasteiger partial charge is 0.220 e. The summed E-state index contributed by atoms with van der Waals surface area (Å²) in [5.74, 6) is -0.0714. The fourth-order valence-electron chi connectivity index (χ4n) is 6.25. The zero-order valence-electron chi connectivity index (χ0n) is 31.1. The second-order valence-corrected chi connectivity index (χ2v) is 14.1. The van der Waals surface area contributed by atoms with Crippen LogP contribution in [0, 0.1) is 0 Å². The molecule has 4 nitrogen and oxygen atoms in total. The van der Waals surface area contributed by atoms with Crippen molar-refractivity contribution in [2.75, 3.05) is 6.61 Å². The summed E-state index contributed by atoms with van der Waals surface area (Å²) >= 11 is 0. The van der Waals surface area contributed by atoms with Crippen molar-refractivity contribution in [3.63, 3.8) is 0 Å². The number of nitrogens with one attached hydrogen (secondary N) is 1. The number of unbranched alkanes of at least 4 members (excludes halogenated alkanes) is 28. The number of allylic oxidation sites excluding steroid dienone is 3. The minimum atomic E-state index is -0.857. The molecule has 0 saturated carbocycles. The molecule has 4 heteroatoms. The molecule has 0 unspecified atom stereocenters. The molecule has 0 heterocycles. The number of hydrogen-bond donors (Lipinski definition) is 3. The second kappa shape index (κ2) is 38.3. The summed E-state index contributed by atoms with van der Waals surface area (Å²) in [7, 11) is 0. The van der Waals surface area contributed by atoms with E-state index in [-0.39, 0.29) is 12.5 Å².